The molecule has 1 saturated heterocycles. The fourth-order valence-corrected chi connectivity index (χ4v) is 3.59. The quantitative estimate of drug-likeness (QED) is 0.921. The van der Waals surface area contributed by atoms with Crippen molar-refractivity contribution in [2.45, 2.75) is 25.4 Å². The summed E-state index contributed by atoms with van der Waals surface area (Å²) < 4.78 is 6.78. The molecule has 3 rings (SSSR count). The highest BCUT2D eigenvalue weighted by Gasteiger charge is 2.30. The maximum absolute atomic E-state index is 12.5. The standard InChI is InChI=1S/C15H20N4O2S/c1-21-8-7-18-11-12(10-16-18)17-15(20)19-6-2-4-13(19)14-5-3-9-22-14/h3,5,9-11,13H,2,4,6-8H2,1H3,(H,17,20)/t13-/m0/s1. The second kappa shape index (κ2) is 6.93. The van der Waals surface area contributed by atoms with Gasteiger partial charge in [0.15, 0.2) is 0 Å². The second-order valence-electron chi connectivity index (χ2n) is 5.28. The third-order valence-electron chi connectivity index (χ3n) is 3.79. The first-order chi connectivity index (χ1) is 10.8. The molecule has 0 aliphatic carbocycles. The van der Waals surface area contributed by atoms with Crippen molar-refractivity contribution in [2.24, 2.45) is 0 Å². The van der Waals surface area contributed by atoms with Crippen molar-refractivity contribution in [3.63, 3.8) is 0 Å². The molecule has 1 fully saturated rings. The molecule has 0 unspecified atom stereocenters. The highest BCUT2D eigenvalue weighted by atomic mass is 32.1. The molecule has 6 nitrogen and oxygen atoms in total. The number of nitrogens with zero attached hydrogens (tertiary/aromatic N) is 3. The number of amides is 2. The summed E-state index contributed by atoms with van der Waals surface area (Å²) in [5.74, 6) is 0. The number of rotatable bonds is 5. The zero-order valence-corrected chi connectivity index (χ0v) is 13.4. The van der Waals surface area contributed by atoms with Gasteiger partial charge in [0, 0.05) is 24.7 Å². The van der Waals surface area contributed by atoms with Crippen LogP contribution in [0, 0.1) is 0 Å². The lowest BCUT2D eigenvalue weighted by Crippen LogP contribution is -2.34. The van der Waals surface area contributed by atoms with Gasteiger partial charge in [0.1, 0.15) is 0 Å². The minimum absolute atomic E-state index is 0.0535. The average molecular weight is 320 g/mol. The molecular formula is C15H20N4O2S. The Bertz CT molecular complexity index is 611. The zero-order chi connectivity index (χ0) is 15.4. The van der Waals surface area contributed by atoms with Gasteiger partial charge in [-0.1, -0.05) is 6.07 Å². The normalized spacial score (nSPS) is 17.9. The summed E-state index contributed by atoms with van der Waals surface area (Å²) in [5, 5.41) is 9.21. The van der Waals surface area contributed by atoms with E-state index >= 15 is 0 Å². The maximum Gasteiger partial charge on any atom is 0.322 e. The maximum atomic E-state index is 12.5. The number of anilines is 1. The lowest BCUT2D eigenvalue weighted by molar-refractivity contribution is 0.183. The number of urea groups is 1. The van der Waals surface area contributed by atoms with Crippen LogP contribution in [0.5, 0.6) is 0 Å². The van der Waals surface area contributed by atoms with Gasteiger partial charge in [0.05, 0.1) is 31.1 Å². The number of carbonyl (C=O) groups excluding carboxylic acids is 1. The van der Waals surface area contributed by atoms with Crippen molar-refractivity contribution >= 4 is 23.1 Å². The molecule has 0 saturated carbocycles. The van der Waals surface area contributed by atoms with Gasteiger partial charge >= 0.3 is 6.03 Å². The van der Waals surface area contributed by atoms with E-state index in [0.29, 0.717) is 13.2 Å². The fourth-order valence-electron chi connectivity index (χ4n) is 2.72. The van der Waals surface area contributed by atoms with E-state index in [1.165, 1.54) is 4.88 Å². The van der Waals surface area contributed by atoms with Crippen molar-refractivity contribution in [2.75, 3.05) is 25.6 Å². The van der Waals surface area contributed by atoms with Gasteiger partial charge in [0.2, 0.25) is 0 Å². The van der Waals surface area contributed by atoms with Crippen LogP contribution in [-0.4, -0.2) is 41.0 Å². The Kier molecular flexibility index (Phi) is 4.74. The summed E-state index contributed by atoms with van der Waals surface area (Å²) in [5.41, 5.74) is 0.720. The van der Waals surface area contributed by atoms with Crippen molar-refractivity contribution in [3.8, 4) is 0 Å². The number of likely N-dealkylation sites (tertiary alicyclic amines) is 1. The first kappa shape index (κ1) is 15.1. The Labute approximate surface area is 133 Å². The average Bonchev–Trinajstić information content (AvgIpc) is 3.25. The predicted octanol–water partition coefficient (Wildman–Crippen LogP) is 2.96. The van der Waals surface area contributed by atoms with E-state index in [9.17, 15) is 4.79 Å². The molecule has 0 radical (unpaired) electrons. The molecule has 118 valence electrons. The highest BCUT2D eigenvalue weighted by molar-refractivity contribution is 7.10. The summed E-state index contributed by atoms with van der Waals surface area (Å²) in [4.78, 5) is 15.7. The van der Waals surface area contributed by atoms with Crippen molar-refractivity contribution < 1.29 is 9.53 Å². The summed E-state index contributed by atoms with van der Waals surface area (Å²) >= 11 is 1.71. The first-order valence-corrected chi connectivity index (χ1v) is 8.28. The van der Waals surface area contributed by atoms with Crippen molar-refractivity contribution in [3.05, 3.63) is 34.8 Å². The SMILES string of the molecule is COCCn1cc(NC(=O)N2CCC[C@H]2c2cccs2)cn1. The van der Waals surface area contributed by atoms with Crippen LogP contribution in [0.4, 0.5) is 10.5 Å². The lowest BCUT2D eigenvalue weighted by Gasteiger charge is -2.23. The van der Waals surface area contributed by atoms with E-state index in [4.69, 9.17) is 4.74 Å². The molecule has 1 aliphatic rings. The molecule has 22 heavy (non-hydrogen) atoms. The Balaban J connectivity index is 1.62. The molecule has 1 atom stereocenters. The molecule has 1 aliphatic heterocycles. The second-order valence-corrected chi connectivity index (χ2v) is 6.26. The number of hydrogen-bond donors (Lipinski definition) is 1. The minimum Gasteiger partial charge on any atom is -0.383 e. The molecule has 3 heterocycles. The van der Waals surface area contributed by atoms with E-state index < -0.39 is 0 Å². The lowest BCUT2D eigenvalue weighted by atomic mass is 10.2. The molecular weight excluding hydrogens is 300 g/mol. The summed E-state index contributed by atoms with van der Waals surface area (Å²) in [6.07, 6.45) is 5.57. The summed E-state index contributed by atoms with van der Waals surface area (Å²) in [6, 6.07) is 4.28. The van der Waals surface area contributed by atoms with Crippen LogP contribution in [0.3, 0.4) is 0 Å². The highest BCUT2D eigenvalue weighted by Crippen LogP contribution is 2.34. The first-order valence-electron chi connectivity index (χ1n) is 7.40. The van der Waals surface area contributed by atoms with Crippen LogP contribution in [0.25, 0.3) is 0 Å². The number of methoxy groups -OCH3 is 1. The van der Waals surface area contributed by atoms with Gasteiger partial charge in [-0.3, -0.25) is 4.68 Å². The van der Waals surface area contributed by atoms with Crippen LogP contribution in [0.2, 0.25) is 0 Å². The van der Waals surface area contributed by atoms with Crippen LogP contribution in [-0.2, 0) is 11.3 Å². The van der Waals surface area contributed by atoms with Gasteiger partial charge in [0.25, 0.3) is 0 Å². The number of ether oxygens (including phenoxy) is 1. The minimum atomic E-state index is -0.0535. The summed E-state index contributed by atoms with van der Waals surface area (Å²) in [6.45, 7) is 2.07. The predicted molar refractivity (Wildman–Crippen MR) is 86.1 cm³/mol. The third kappa shape index (κ3) is 3.31. The molecule has 7 heteroatoms. The Morgan fingerprint density at radius 1 is 1.59 bits per heavy atom. The smallest absolute Gasteiger partial charge is 0.322 e. The summed E-state index contributed by atoms with van der Waals surface area (Å²) in [7, 11) is 1.66. The Morgan fingerprint density at radius 2 is 2.50 bits per heavy atom. The number of thiophene rings is 1. The molecule has 0 aromatic carbocycles. The van der Waals surface area contributed by atoms with E-state index in [2.05, 4.69) is 21.9 Å². The molecule has 2 aromatic rings. The van der Waals surface area contributed by atoms with Crippen LogP contribution >= 0.6 is 11.3 Å². The Morgan fingerprint density at radius 3 is 3.27 bits per heavy atom. The number of aromatic nitrogens is 2. The van der Waals surface area contributed by atoms with Gasteiger partial charge in [-0.2, -0.15) is 5.10 Å². The largest absolute Gasteiger partial charge is 0.383 e. The van der Waals surface area contributed by atoms with Crippen LogP contribution < -0.4 is 5.32 Å². The number of carbonyl (C=O) groups is 1. The van der Waals surface area contributed by atoms with Gasteiger partial charge in [-0.25, -0.2) is 4.79 Å². The topological polar surface area (TPSA) is 59.4 Å². The van der Waals surface area contributed by atoms with Gasteiger partial charge in [-0.05, 0) is 24.3 Å². The van der Waals surface area contributed by atoms with Gasteiger partial charge < -0.3 is 15.0 Å². The third-order valence-corrected chi connectivity index (χ3v) is 4.77. The van der Waals surface area contributed by atoms with E-state index in [1.54, 1.807) is 29.3 Å². The molecule has 1 N–H and O–H groups in total. The fraction of sp³-hybridized carbons (Fsp3) is 0.467. The molecule has 2 aromatic heterocycles. The van der Waals surface area contributed by atoms with Gasteiger partial charge in [-0.15, -0.1) is 11.3 Å². The number of nitrogens with one attached hydrogen (secondary N) is 1. The van der Waals surface area contributed by atoms with E-state index in [0.717, 1.165) is 25.1 Å². The van der Waals surface area contributed by atoms with E-state index in [1.807, 2.05) is 17.2 Å². The van der Waals surface area contributed by atoms with E-state index in [-0.39, 0.29) is 12.1 Å². The zero-order valence-electron chi connectivity index (χ0n) is 12.6. The number of hydrogen-bond acceptors (Lipinski definition) is 4. The molecule has 0 bridgehead atoms. The van der Waals surface area contributed by atoms with Crippen LogP contribution in [0.15, 0.2) is 29.9 Å². The Hall–Kier alpha value is -1.86. The van der Waals surface area contributed by atoms with Crippen molar-refractivity contribution in [1.29, 1.82) is 0 Å². The molecule has 2 amide bonds. The monoisotopic (exact) mass is 320 g/mol. The van der Waals surface area contributed by atoms with Crippen LogP contribution in [0.1, 0.15) is 23.8 Å². The molecule has 0 spiro atoms. The van der Waals surface area contributed by atoms with Crippen molar-refractivity contribution in [1.82, 2.24) is 14.7 Å².